The molecule has 1 heterocycles. The number of hydrogen-bond donors (Lipinski definition) is 0. The Hall–Kier alpha value is -1.91. The van der Waals surface area contributed by atoms with Crippen molar-refractivity contribution in [1.82, 2.24) is 0 Å². The number of nitro benzene ring substituents is 1. The summed E-state index contributed by atoms with van der Waals surface area (Å²) in [6.45, 7) is 2.68. The quantitative estimate of drug-likeness (QED) is 0.468. The van der Waals surface area contributed by atoms with Crippen molar-refractivity contribution in [3.8, 4) is 0 Å². The number of rotatable bonds is 3. The summed E-state index contributed by atoms with van der Waals surface area (Å²) in [5, 5.41) is 10.7. The molecule has 18 heavy (non-hydrogen) atoms. The molecule has 1 atom stereocenters. The van der Waals surface area contributed by atoms with Crippen LogP contribution in [-0.4, -0.2) is 23.8 Å². The molecule has 1 fully saturated rings. The highest BCUT2D eigenvalue weighted by atomic mass is 16.6. The molecule has 0 bridgehead atoms. The van der Waals surface area contributed by atoms with Crippen LogP contribution >= 0.6 is 0 Å². The van der Waals surface area contributed by atoms with E-state index in [1.54, 1.807) is 12.1 Å². The minimum absolute atomic E-state index is 0.0934. The van der Waals surface area contributed by atoms with Gasteiger partial charge in [-0.2, -0.15) is 0 Å². The summed E-state index contributed by atoms with van der Waals surface area (Å²) in [6, 6.07) is 4.71. The number of carbonyl (C=O) groups is 1. The van der Waals surface area contributed by atoms with Crippen LogP contribution in [0.4, 0.5) is 11.4 Å². The predicted octanol–water partition coefficient (Wildman–Crippen LogP) is 2.46. The maximum absolute atomic E-state index is 11.1. The van der Waals surface area contributed by atoms with E-state index in [4.69, 9.17) is 0 Å². The van der Waals surface area contributed by atoms with E-state index < -0.39 is 4.92 Å². The van der Waals surface area contributed by atoms with Crippen molar-refractivity contribution in [2.45, 2.75) is 32.2 Å². The zero-order valence-electron chi connectivity index (χ0n) is 10.3. The summed E-state index contributed by atoms with van der Waals surface area (Å²) in [5.41, 5.74) is 1.87. The van der Waals surface area contributed by atoms with Crippen LogP contribution in [0.15, 0.2) is 18.2 Å². The van der Waals surface area contributed by atoms with Crippen LogP contribution in [0, 0.1) is 17.0 Å². The minimum Gasteiger partial charge on any atom is -0.362 e. The predicted molar refractivity (Wildman–Crippen MR) is 68.9 cm³/mol. The van der Waals surface area contributed by atoms with Gasteiger partial charge in [0.15, 0.2) is 0 Å². The molecule has 0 saturated carbocycles. The van der Waals surface area contributed by atoms with Crippen LogP contribution in [0.5, 0.6) is 0 Å². The van der Waals surface area contributed by atoms with Crippen molar-refractivity contribution in [1.29, 1.82) is 0 Å². The Labute approximate surface area is 106 Å². The smallest absolute Gasteiger partial charge is 0.269 e. The number of hydrogen-bond acceptors (Lipinski definition) is 4. The van der Waals surface area contributed by atoms with Crippen LogP contribution in [0.1, 0.15) is 24.8 Å². The molecule has 0 aromatic heterocycles. The van der Waals surface area contributed by atoms with Crippen molar-refractivity contribution in [2.24, 2.45) is 0 Å². The summed E-state index contributed by atoms with van der Waals surface area (Å²) >= 11 is 0. The number of aldehydes is 1. The number of nitrogens with zero attached hydrogens (tertiary/aromatic N) is 2. The first-order valence-electron chi connectivity index (χ1n) is 6.10. The Morgan fingerprint density at radius 3 is 2.83 bits per heavy atom. The monoisotopic (exact) mass is 248 g/mol. The average Bonchev–Trinajstić information content (AvgIpc) is 2.38. The fraction of sp³-hybridized carbons (Fsp3) is 0.462. The van der Waals surface area contributed by atoms with Gasteiger partial charge in [0.1, 0.15) is 6.29 Å². The Bertz CT molecular complexity index is 473. The molecule has 0 amide bonds. The highest BCUT2D eigenvalue weighted by Gasteiger charge is 2.23. The van der Waals surface area contributed by atoms with Gasteiger partial charge in [-0.05, 0) is 37.8 Å². The Kier molecular flexibility index (Phi) is 3.60. The van der Waals surface area contributed by atoms with Crippen LogP contribution < -0.4 is 4.90 Å². The lowest BCUT2D eigenvalue weighted by Crippen LogP contribution is -2.40. The van der Waals surface area contributed by atoms with E-state index >= 15 is 0 Å². The van der Waals surface area contributed by atoms with Crippen molar-refractivity contribution < 1.29 is 9.72 Å². The average molecular weight is 248 g/mol. The molecule has 96 valence electrons. The maximum Gasteiger partial charge on any atom is 0.269 e. The zero-order valence-corrected chi connectivity index (χ0v) is 10.3. The lowest BCUT2D eigenvalue weighted by molar-refractivity contribution is -0.384. The van der Waals surface area contributed by atoms with Crippen molar-refractivity contribution in [3.05, 3.63) is 33.9 Å². The largest absolute Gasteiger partial charge is 0.362 e. The van der Waals surface area contributed by atoms with Gasteiger partial charge in [-0.3, -0.25) is 10.1 Å². The van der Waals surface area contributed by atoms with E-state index in [0.29, 0.717) is 0 Å². The first-order chi connectivity index (χ1) is 8.63. The normalized spacial score (nSPS) is 19.6. The molecule has 1 aromatic rings. The number of non-ortho nitro benzene ring substituents is 1. The summed E-state index contributed by atoms with van der Waals surface area (Å²) in [6.07, 6.45) is 3.95. The van der Waals surface area contributed by atoms with E-state index in [2.05, 4.69) is 4.90 Å². The van der Waals surface area contributed by atoms with E-state index in [1.807, 2.05) is 6.92 Å². The summed E-state index contributed by atoms with van der Waals surface area (Å²) in [5.74, 6) is 0. The van der Waals surface area contributed by atoms with Gasteiger partial charge in [-0.25, -0.2) is 0 Å². The molecule has 2 rings (SSSR count). The van der Waals surface area contributed by atoms with Gasteiger partial charge in [0.25, 0.3) is 5.69 Å². The summed E-state index contributed by atoms with van der Waals surface area (Å²) < 4.78 is 0. The third kappa shape index (κ3) is 2.34. The van der Waals surface area contributed by atoms with Gasteiger partial charge in [0, 0.05) is 24.4 Å². The van der Waals surface area contributed by atoms with Crippen molar-refractivity contribution in [2.75, 3.05) is 11.4 Å². The van der Waals surface area contributed by atoms with Crippen molar-refractivity contribution in [3.63, 3.8) is 0 Å². The third-order valence-electron chi connectivity index (χ3n) is 3.41. The second-order valence-corrected chi connectivity index (χ2v) is 4.62. The molecular weight excluding hydrogens is 232 g/mol. The fourth-order valence-electron chi connectivity index (χ4n) is 2.47. The molecule has 1 saturated heterocycles. The van der Waals surface area contributed by atoms with Gasteiger partial charge < -0.3 is 9.69 Å². The minimum atomic E-state index is -0.399. The van der Waals surface area contributed by atoms with Gasteiger partial charge in [-0.15, -0.1) is 0 Å². The van der Waals surface area contributed by atoms with Gasteiger partial charge in [0.05, 0.1) is 11.0 Å². The Balaban J connectivity index is 2.32. The molecule has 1 aliphatic rings. The molecule has 0 aliphatic carbocycles. The first-order valence-corrected chi connectivity index (χ1v) is 6.10. The van der Waals surface area contributed by atoms with E-state index in [-0.39, 0.29) is 11.7 Å². The van der Waals surface area contributed by atoms with Gasteiger partial charge in [0.2, 0.25) is 0 Å². The molecular formula is C13H16N2O3. The molecule has 0 N–H and O–H groups in total. The van der Waals surface area contributed by atoms with E-state index in [9.17, 15) is 14.9 Å². The molecule has 0 spiro atoms. The number of carbonyl (C=O) groups excluding carboxylic acids is 1. The molecule has 1 aromatic carbocycles. The summed E-state index contributed by atoms with van der Waals surface area (Å²) in [4.78, 5) is 23.4. The van der Waals surface area contributed by atoms with Gasteiger partial charge >= 0.3 is 0 Å². The zero-order chi connectivity index (χ0) is 13.1. The highest BCUT2D eigenvalue weighted by Crippen LogP contribution is 2.29. The maximum atomic E-state index is 11.1. The van der Waals surface area contributed by atoms with Gasteiger partial charge in [-0.1, -0.05) is 0 Å². The first kappa shape index (κ1) is 12.5. The molecule has 1 unspecified atom stereocenters. The van der Waals surface area contributed by atoms with Crippen molar-refractivity contribution >= 4 is 17.7 Å². The Morgan fingerprint density at radius 2 is 2.22 bits per heavy atom. The lowest BCUT2D eigenvalue weighted by atomic mass is 10.0. The third-order valence-corrected chi connectivity index (χ3v) is 3.41. The molecule has 0 radical (unpaired) electrons. The number of benzene rings is 1. The second kappa shape index (κ2) is 5.16. The highest BCUT2D eigenvalue weighted by molar-refractivity contribution is 5.69. The standard InChI is InChI=1S/C13H16N2O3/c1-10-8-11(15(17)18)5-6-13(10)14-7-3-2-4-12(14)9-16/h5-6,8-9,12H,2-4,7H2,1H3. The number of piperidine rings is 1. The number of nitro groups is 1. The van der Waals surface area contributed by atoms with E-state index in [1.165, 1.54) is 6.07 Å². The van der Waals surface area contributed by atoms with Crippen LogP contribution in [-0.2, 0) is 4.79 Å². The van der Waals surface area contributed by atoms with Crippen LogP contribution in [0.25, 0.3) is 0 Å². The Morgan fingerprint density at radius 1 is 1.44 bits per heavy atom. The summed E-state index contributed by atoms with van der Waals surface area (Å²) in [7, 11) is 0. The molecule has 5 nitrogen and oxygen atoms in total. The number of anilines is 1. The topological polar surface area (TPSA) is 63.5 Å². The molecule has 5 heteroatoms. The van der Waals surface area contributed by atoms with Crippen LogP contribution in [0.3, 0.4) is 0 Å². The lowest BCUT2D eigenvalue weighted by Gasteiger charge is -2.35. The number of aryl methyl sites for hydroxylation is 1. The molecule has 1 aliphatic heterocycles. The van der Waals surface area contributed by atoms with Crippen LogP contribution in [0.2, 0.25) is 0 Å². The fourth-order valence-corrected chi connectivity index (χ4v) is 2.47. The van der Waals surface area contributed by atoms with E-state index in [0.717, 1.165) is 43.3 Å². The second-order valence-electron chi connectivity index (χ2n) is 4.62. The SMILES string of the molecule is Cc1cc([N+](=O)[O-])ccc1N1CCCCC1C=O.